The van der Waals surface area contributed by atoms with Gasteiger partial charge in [-0.15, -0.1) is 0 Å². The van der Waals surface area contributed by atoms with E-state index in [1.807, 2.05) is 6.92 Å². The van der Waals surface area contributed by atoms with Gasteiger partial charge in [0.1, 0.15) is 5.75 Å². The minimum absolute atomic E-state index is 0.0891. The van der Waals surface area contributed by atoms with Gasteiger partial charge in [0.15, 0.2) is 0 Å². The van der Waals surface area contributed by atoms with Gasteiger partial charge >= 0.3 is 0 Å². The van der Waals surface area contributed by atoms with Crippen LogP contribution in [0.2, 0.25) is 0 Å². The van der Waals surface area contributed by atoms with Gasteiger partial charge in [0, 0.05) is 0 Å². The lowest BCUT2D eigenvalue weighted by Gasteiger charge is -2.17. The standard InChI is InChI=1S/C13H20N2O3/c1-2-10(8-16)15-13(18)12(14)7-9-3-5-11(17)6-4-9/h3-6,10,12,16-17H,2,7-8,14H2,1H3,(H,15,18)/t10?,12-/m1/s1. The van der Waals surface area contributed by atoms with Gasteiger partial charge in [0.25, 0.3) is 0 Å². The van der Waals surface area contributed by atoms with Crippen molar-refractivity contribution < 1.29 is 15.0 Å². The summed E-state index contributed by atoms with van der Waals surface area (Å²) in [5.74, 6) is -0.0907. The molecular weight excluding hydrogens is 232 g/mol. The van der Waals surface area contributed by atoms with Gasteiger partial charge in [-0.3, -0.25) is 4.79 Å². The molecule has 5 N–H and O–H groups in total. The highest BCUT2D eigenvalue weighted by atomic mass is 16.3. The van der Waals surface area contributed by atoms with Gasteiger partial charge < -0.3 is 21.3 Å². The highest BCUT2D eigenvalue weighted by Crippen LogP contribution is 2.10. The van der Waals surface area contributed by atoms with Crippen molar-refractivity contribution >= 4 is 5.91 Å². The van der Waals surface area contributed by atoms with Gasteiger partial charge in [-0.2, -0.15) is 0 Å². The van der Waals surface area contributed by atoms with Crippen molar-refractivity contribution in [3.05, 3.63) is 29.8 Å². The Morgan fingerprint density at radius 2 is 2.00 bits per heavy atom. The summed E-state index contributed by atoms with van der Waals surface area (Å²) in [6.07, 6.45) is 1.06. The van der Waals surface area contributed by atoms with Crippen LogP contribution in [0.1, 0.15) is 18.9 Å². The van der Waals surface area contributed by atoms with Crippen LogP contribution in [0.5, 0.6) is 5.75 Å². The summed E-state index contributed by atoms with van der Waals surface area (Å²) in [6, 6.07) is 5.67. The summed E-state index contributed by atoms with van der Waals surface area (Å²) in [5, 5.41) is 20.8. The molecule has 1 rings (SSSR count). The largest absolute Gasteiger partial charge is 0.508 e. The number of rotatable bonds is 6. The number of hydrogen-bond acceptors (Lipinski definition) is 4. The lowest BCUT2D eigenvalue weighted by atomic mass is 10.1. The summed E-state index contributed by atoms with van der Waals surface area (Å²) >= 11 is 0. The van der Waals surface area contributed by atoms with Crippen LogP contribution in [0.3, 0.4) is 0 Å². The van der Waals surface area contributed by atoms with Crippen molar-refractivity contribution in [2.24, 2.45) is 5.73 Å². The SMILES string of the molecule is CCC(CO)NC(=O)[C@H](N)Cc1ccc(O)cc1. The van der Waals surface area contributed by atoms with Crippen LogP contribution < -0.4 is 11.1 Å². The molecule has 2 atom stereocenters. The van der Waals surface area contributed by atoms with Crippen LogP contribution in [0.15, 0.2) is 24.3 Å². The highest BCUT2D eigenvalue weighted by Gasteiger charge is 2.17. The van der Waals surface area contributed by atoms with Crippen LogP contribution in [-0.4, -0.2) is 34.8 Å². The third-order valence-electron chi connectivity index (χ3n) is 2.79. The Morgan fingerprint density at radius 1 is 1.39 bits per heavy atom. The molecule has 1 amide bonds. The van der Waals surface area contributed by atoms with Crippen LogP contribution in [-0.2, 0) is 11.2 Å². The Labute approximate surface area is 107 Å². The number of aliphatic hydroxyl groups is 1. The van der Waals surface area contributed by atoms with Gasteiger partial charge in [-0.25, -0.2) is 0 Å². The molecule has 1 aromatic carbocycles. The molecule has 5 nitrogen and oxygen atoms in total. The molecule has 0 heterocycles. The molecule has 0 aliphatic carbocycles. The van der Waals surface area contributed by atoms with Gasteiger partial charge in [0.05, 0.1) is 18.7 Å². The monoisotopic (exact) mass is 252 g/mol. The Kier molecular flexibility index (Phi) is 5.61. The second kappa shape index (κ2) is 6.98. The number of phenolic OH excluding ortho intramolecular Hbond substituents is 1. The Bertz CT molecular complexity index is 374. The number of aliphatic hydroxyl groups excluding tert-OH is 1. The smallest absolute Gasteiger partial charge is 0.237 e. The number of aromatic hydroxyl groups is 1. The fourth-order valence-corrected chi connectivity index (χ4v) is 1.56. The van der Waals surface area contributed by atoms with E-state index >= 15 is 0 Å². The average Bonchev–Trinajstić information content (AvgIpc) is 2.38. The zero-order valence-electron chi connectivity index (χ0n) is 10.5. The average molecular weight is 252 g/mol. The maximum Gasteiger partial charge on any atom is 0.237 e. The van der Waals surface area contributed by atoms with E-state index < -0.39 is 6.04 Å². The Morgan fingerprint density at radius 3 is 2.50 bits per heavy atom. The van der Waals surface area contributed by atoms with Crippen molar-refractivity contribution in [1.82, 2.24) is 5.32 Å². The van der Waals surface area contributed by atoms with Crippen molar-refractivity contribution in [3.63, 3.8) is 0 Å². The fourth-order valence-electron chi connectivity index (χ4n) is 1.56. The number of carbonyl (C=O) groups is 1. The predicted molar refractivity (Wildman–Crippen MR) is 69.1 cm³/mol. The maximum atomic E-state index is 11.7. The van der Waals surface area contributed by atoms with Crippen LogP contribution >= 0.6 is 0 Å². The molecule has 1 aromatic rings. The van der Waals surface area contributed by atoms with Crippen LogP contribution in [0, 0.1) is 0 Å². The van der Waals surface area contributed by atoms with E-state index in [4.69, 9.17) is 15.9 Å². The molecular formula is C13H20N2O3. The number of benzene rings is 1. The van der Waals surface area contributed by atoms with Crippen LogP contribution in [0.4, 0.5) is 0 Å². The number of phenols is 1. The second-order valence-electron chi connectivity index (χ2n) is 4.27. The number of hydrogen-bond donors (Lipinski definition) is 4. The van der Waals surface area contributed by atoms with Gasteiger partial charge in [0.2, 0.25) is 5.91 Å². The first-order chi connectivity index (χ1) is 8.56. The van der Waals surface area contributed by atoms with E-state index in [0.29, 0.717) is 12.8 Å². The normalized spacial score (nSPS) is 13.9. The summed E-state index contributed by atoms with van der Waals surface area (Å²) in [5.41, 5.74) is 6.67. The van der Waals surface area contributed by atoms with Gasteiger partial charge in [-0.1, -0.05) is 19.1 Å². The predicted octanol–water partition coefficient (Wildman–Crippen LogP) is 0.149. The second-order valence-corrected chi connectivity index (χ2v) is 4.27. The molecule has 100 valence electrons. The van der Waals surface area contributed by atoms with Gasteiger partial charge in [-0.05, 0) is 30.5 Å². The van der Waals surface area contributed by atoms with E-state index in [9.17, 15) is 4.79 Å². The Balaban J connectivity index is 2.51. The molecule has 1 unspecified atom stereocenters. The zero-order valence-corrected chi connectivity index (χ0v) is 10.5. The van der Waals surface area contributed by atoms with E-state index in [1.165, 1.54) is 0 Å². The summed E-state index contributed by atoms with van der Waals surface area (Å²) in [7, 11) is 0. The summed E-state index contributed by atoms with van der Waals surface area (Å²) in [4.78, 5) is 11.7. The summed E-state index contributed by atoms with van der Waals surface area (Å²) < 4.78 is 0. The third kappa shape index (κ3) is 4.35. The lowest BCUT2D eigenvalue weighted by Crippen LogP contribution is -2.47. The minimum Gasteiger partial charge on any atom is -0.508 e. The third-order valence-corrected chi connectivity index (χ3v) is 2.79. The number of nitrogens with two attached hydrogens (primary N) is 1. The molecule has 0 aliphatic rings. The van der Waals surface area contributed by atoms with Crippen molar-refractivity contribution in [1.29, 1.82) is 0 Å². The number of nitrogens with one attached hydrogen (secondary N) is 1. The van der Waals surface area contributed by atoms with Crippen molar-refractivity contribution in [2.45, 2.75) is 31.8 Å². The van der Waals surface area contributed by atoms with E-state index in [0.717, 1.165) is 5.56 Å². The topological polar surface area (TPSA) is 95.6 Å². The van der Waals surface area contributed by atoms with Crippen LogP contribution in [0.25, 0.3) is 0 Å². The quantitative estimate of drug-likeness (QED) is 0.579. The Hall–Kier alpha value is -1.59. The minimum atomic E-state index is -0.657. The van der Waals surface area contributed by atoms with E-state index in [2.05, 4.69) is 5.32 Å². The molecule has 5 heteroatoms. The first-order valence-electron chi connectivity index (χ1n) is 6.01. The molecule has 18 heavy (non-hydrogen) atoms. The summed E-state index contributed by atoms with van der Waals surface area (Å²) in [6.45, 7) is 1.79. The molecule has 0 fully saturated rings. The molecule has 0 spiro atoms. The molecule has 0 saturated heterocycles. The highest BCUT2D eigenvalue weighted by molar-refractivity contribution is 5.82. The molecule has 0 aromatic heterocycles. The molecule has 0 aliphatic heterocycles. The lowest BCUT2D eigenvalue weighted by molar-refractivity contribution is -0.123. The molecule has 0 saturated carbocycles. The fraction of sp³-hybridized carbons (Fsp3) is 0.462. The molecule has 0 radical (unpaired) electrons. The number of carbonyl (C=O) groups excluding carboxylic acids is 1. The first-order valence-corrected chi connectivity index (χ1v) is 6.01. The zero-order chi connectivity index (χ0) is 13.5. The van der Waals surface area contributed by atoms with E-state index in [1.54, 1.807) is 24.3 Å². The maximum absolute atomic E-state index is 11.7. The van der Waals surface area contributed by atoms with Crippen molar-refractivity contribution in [2.75, 3.05) is 6.61 Å². The number of amides is 1. The first kappa shape index (κ1) is 14.5. The van der Waals surface area contributed by atoms with E-state index in [-0.39, 0.29) is 24.3 Å². The molecule has 0 bridgehead atoms. The van der Waals surface area contributed by atoms with Crippen molar-refractivity contribution in [3.8, 4) is 5.75 Å².